The summed E-state index contributed by atoms with van der Waals surface area (Å²) in [4.78, 5) is 34.1. The zero-order chi connectivity index (χ0) is 16.7. The van der Waals surface area contributed by atoms with E-state index >= 15 is 0 Å². The number of rotatable bonds is 4. The van der Waals surface area contributed by atoms with E-state index in [-0.39, 0.29) is 11.6 Å². The Morgan fingerprint density at radius 2 is 1.70 bits per heavy atom. The summed E-state index contributed by atoms with van der Waals surface area (Å²) < 4.78 is 0. The number of amides is 2. The molecule has 23 heavy (non-hydrogen) atoms. The number of nitrogens with one attached hydrogen (secondary N) is 2. The first-order valence-electron chi connectivity index (χ1n) is 7.53. The summed E-state index contributed by atoms with van der Waals surface area (Å²) in [5.74, 6) is -2.51. The Morgan fingerprint density at radius 3 is 2.30 bits per heavy atom. The fourth-order valence-corrected chi connectivity index (χ4v) is 2.43. The molecule has 0 radical (unpaired) electrons. The molecule has 0 spiro atoms. The third kappa shape index (κ3) is 5.21. The summed E-state index contributed by atoms with van der Waals surface area (Å²) >= 11 is 0. The maximum Gasteiger partial charge on any atom is 0.335 e. The lowest BCUT2D eigenvalue weighted by Crippen LogP contribution is -2.44. The smallest absolute Gasteiger partial charge is 0.335 e. The number of carboxylic acids is 1. The third-order valence-electron chi connectivity index (χ3n) is 3.68. The second kappa shape index (κ2) is 8.07. The van der Waals surface area contributed by atoms with E-state index in [0.717, 1.165) is 25.7 Å². The molecule has 1 aliphatic rings. The Balaban J connectivity index is 1.80. The average Bonchev–Trinajstić information content (AvgIpc) is 2.56. The second-order valence-corrected chi connectivity index (χ2v) is 5.43. The van der Waals surface area contributed by atoms with Gasteiger partial charge in [0.25, 0.3) is 0 Å². The van der Waals surface area contributed by atoms with Gasteiger partial charge in [-0.15, -0.1) is 0 Å². The van der Waals surface area contributed by atoms with Gasteiger partial charge in [0.05, 0.1) is 11.8 Å². The van der Waals surface area contributed by atoms with Crippen LogP contribution in [0, 0.1) is 0 Å². The van der Waals surface area contributed by atoms with Gasteiger partial charge in [0.15, 0.2) is 0 Å². The second-order valence-electron chi connectivity index (χ2n) is 5.43. The van der Waals surface area contributed by atoms with E-state index in [1.54, 1.807) is 12.1 Å². The Bertz CT molecular complexity index is 604. The van der Waals surface area contributed by atoms with Crippen molar-refractivity contribution in [3.63, 3.8) is 0 Å². The maximum atomic E-state index is 11.7. The van der Waals surface area contributed by atoms with Crippen LogP contribution in [0.3, 0.4) is 0 Å². The number of carbonyl (C=O) groups is 3. The monoisotopic (exact) mass is 317 g/mol. The molecule has 1 fully saturated rings. The Hall–Kier alpha value is -2.70. The van der Waals surface area contributed by atoms with Crippen molar-refractivity contribution >= 4 is 24.0 Å². The molecule has 7 nitrogen and oxygen atoms in total. The van der Waals surface area contributed by atoms with Crippen molar-refractivity contribution in [2.24, 2.45) is 5.10 Å². The lowest BCUT2D eigenvalue weighted by Gasteiger charge is -2.22. The van der Waals surface area contributed by atoms with Gasteiger partial charge in [0.1, 0.15) is 0 Å². The molecule has 0 heterocycles. The molecule has 1 aliphatic carbocycles. The van der Waals surface area contributed by atoms with Gasteiger partial charge in [0, 0.05) is 6.04 Å². The molecule has 3 N–H and O–H groups in total. The molecule has 1 aromatic rings. The number of carboxylic acid groups (broad SMARTS) is 1. The average molecular weight is 317 g/mol. The Morgan fingerprint density at radius 1 is 1.04 bits per heavy atom. The van der Waals surface area contributed by atoms with Crippen LogP contribution in [-0.2, 0) is 9.59 Å². The zero-order valence-electron chi connectivity index (χ0n) is 12.6. The molecule has 7 heteroatoms. The van der Waals surface area contributed by atoms with Crippen LogP contribution >= 0.6 is 0 Å². The molecule has 1 aromatic carbocycles. The predicted octanol–water partition coefficient (Wildman–Crippen LogP) is 1.28. The lowest BCUT2D eigenvalue weighted by atomic mass is 9.95. The summed E-state index contributed by atoms with van der Waals surface area (Å²) in [7, 11) is 0. The van der Waals surface area contributed by atoms with Gasteiger partial charge in [-0.3, -0.25) is 9.59 Å². The first-order chi connectivity index (χ1) is 11.1. The van der Waals surface area contributed by atoms with Crippen molar-refractivity contribution in [2.45, 2.75) is 38.1 Å². The number of hydrazone groups is 1. The van der Waals surface area contributed by atoms with Gasteiger partial charge in [-0.2, -0.15) is 5.10 Å². The predicted molar refractivity (Wildman–Crippen MR) is 84.2 cm³/mol. The minimum atomic E-state index is -1.01. The van der Waals surface area contributed by atoms with E-state index in [1.807, 2.05) is 0 Å². The normalized spacial score (nSPS) is 15.3. The van der Waals surface area contributed by atoms with E-state index < -0.39 is 17.8 Å². The van der Waals surface area contributed by atoms with Gasteiger partial charge >= 0.3 is 17.8 Å². The molecule has 0 aromatic heterocycles. The van der Waals surface area contributed by atoms with Crippen LogP contribution in [0.25, 0.3) is 0 Å². The van der Waals surface area contributed by atoms with Crippen molar-refractivity contribution < 1.29 is 19.5 Å². The zero-order valence-corrected chi connectivity index (χ0v) is 12.6. The topological polar surface area (TPSA) is 108 Å². The van der Waals surface area contributed by atoms with Crippen molar-refractivity contribution in [1.82, 2.24) is 10.7 Å². The fourth-order valence-electron chi connectivity index (χ4n) is 2.43. The molecule has 122 valence electrons. The summed E-state index contributed by atoms with van der Waals surface area (Å²) in [5, 5.41) is 15.2. The van der Waals surface area contributed by atoms with Crippen LogP contribution in [0.4, 0.5) is 0 Å². The molecule has 2 amide bonds. The van der Waals surface area contributed by atoms with Crippen LogP contribution in [0.15, 0.2) is 29.4 Å². The van der Waals surface area contributed by atoms with Crippen LogP contribution < -0.4 is 10.7 Å². The third-order valence-corrected chi connectivity index (χ3v) is 3.68. The summed E-state index contributed by atoms with van der Waals surface area (Å²) in [5.41, 5.74) is 2.94. The highest BCUT2D eigenvalue weighted by Crippen LogP contribution is 2.17. The standard InChI is InChI=1S/C16H19N3O4/c20-14(18-13-4-2-1-3-5-13)15(21)19-17-10-11-6-8-12(9-7-11)16(22)23/h6-10,13H,1-5H2,(H,18,20)(H,19,21)(H,22,23)/b17-10+. The molecule has 0 atom stereocenters. The van der Waals surface area contributed by atoms with Gasteiger partial charge in [-0.05, 0) is 30.5 Å². The number of hydrogen-bond acceptors (Lipinski definition) is 4. The van der Waals surface area contributed by atoms with Crippen LogP contribution in [0.1, 0.15) is 48.0 Å². The number of carbonyl (C=O) groups excluding carboxylic acids is 2. The number of hydrogen-bond donors (Lipinski definition) is 3. The molecule has 0 unspecified atom stereocenters. The highest BCUT2D eigenvalue weighted by molar-refractivity contribution is 6.35. The molecular formula is C16H19N3O4. The summed E-state index contributed by atoms with van der Waals surface area (Å²) in [6.07, 6.45) is 6.45. The first kappa shape index (κ1) is 16.7. The van der Waals surface area contributed by atoms with Gasteiger partial charge in [-0.25, -0.2) is 10.2 Å². The minimum absolute atomic E-state index is 0.0644. The van der Waals surface area contributed by atoms with Gasteiger partial charge < -0.3 is 10.4 Å². The van der Waals surface area contributed by atoms with Gasteiger partial charge in [-0.1, -0.05) is 31.4 Å². The number of aromatic carboxylic acids is 1. The van der Waals surface area contributed by atoms with E-state index in [9.17, 15) is 14.4 Å². The highest BCUT2D eigenvalue weighted by Gasteiger charge is 2.19. The summed E-state index contributed by atoms with van der Waals surface area (Å²) in [6.45, 7) is 0. The molecule has 0 saturated heterocycles. The lowest BCUT2D eigenvalue weighted by molar-refractivity contribution is -0.139. The van der Waals surface area contributed by atoms with Crippen LogP contribution in [0.2, 0.25) is 0 Å². The largest absolute Gasteiger partial charge is 0.478 e. The molecule has 1 saturated carbocycles. The van der Waals surface area contributed by atoms with Gasteiger partial charge in [0.2, 0.25) is 0 Å². The fraction of sp³-hybridized carbons (Fsp3) is 0.375. The van der Waals surface area contributed by atoms with E-state index in [4.69, 9.17) is 5.11 Å². The molecular weight excluding hydrogens is 298 g/mol. The van der Waals surface area contributed by atoms with Crippen molar-refractivity contribution in [2.75, 3.05) is 0 Å². The van der Waals surface area contributed by atoms with Crippen molar-refractivity contribution in [3.05, 3.63) is 35.4 Å². The minimum Gasteiger partial charge on any atom is -0.478 e. The molecule has 0 bridgehead atoms. The van der Waals surface area contributed by atoms with Crippen LogP contribution in [-0.4, -0.2) is 35.1 Å². The molecule has 2 rings (SSSR count). The van der Waals surface area contributed by atoms with Crippen LogP contribution in [0.5, 0.6) is 0 Å². The SMILES string of the molecule is O=C(N/N=C/c1ccc(C(=O)O)cc1)C(=O)NC1CCCCC1. The quantitative estimate of drug-likeness (QED) is 0.441. The highest BCUT2D eigenvalue weighted by atomic mass is 16.4. The molecule has 0 aliphatic heterocycles. The van der Waals surface area contributed by atoms with Crippen molar-refractivity contribution in [1.29, 1.82) is 0 Å². The van der Waals surface area contributed by atoms with E-state index in [1.165, 1.54) is 24.8 Å². The first-order valence-corrected chi connectivity index (χ1v) is 7.53. The maximum absolute atomic E-state index is 11.7. The van der Waals surface area contributed by atoms with E-state index in [2.05, 4.69) is 15.8 Å². The number of nitrogens with zero attached hydrogens (tertiary/aromatic N) is 1. The van der Waals surface area contributed by atoms with E-state index in [0.29, 0.717) is 5.56 Å². The summed E-state index contributed by atoms with van der Waals surface area (Å²) in [6, 6.07) is 6.04. The number of benzene rings is 1. The Labute approximate surface area is 133 Å². The van der Waals surface area contributed by atoms with Crippen molar-refractivity contribution in [3.8, 4) is 0 Å². The Kier molecular flexibility index (Phi) is 5.85.